The SMILES string of the molecule is C=C(C)C.C=C/C=C/C.C=CC(=C)C.C=CC=C. The van der Waals surface area contributed by atoms with Crippen molar-refractivity contribution in [1.29, 1.82) is 0 Å². The zero-order chi connectivity index (χ0) is 15.4. The van der Waals surface area contributed by atoms with Gasteiger partial charge in [-0.2, -0.15) is 0 Å². The summed E-state index contributed by atoms with van der Waals surface area (Å²) in [6, 6.07) is 0. The Labute approximate surface area is 115 Å². The summed E-state index contributed by atoms with van der Waals surface area (Å²) in [5.74, 6) is 0. The average Bonchev–Trinajstić information content (AvgIpc) is 2.30. The third-order valence-corrected chi connectivity index (χ3v) is 0.844. The van der Waals surface area contributed by atoms with Gasteiger partial charge >= 0.3 is 0 Å². The Morgan fingerprint density at radius 1 is 0.778 bits per heavy atom. The van der Waals surface area contributed by atoms with E-state index in [2.05, 4.69) is 39.5 Å². The van der Waals surface area contributed by atoms with E-state index < -0.39 is 0 Å². The number of allylic oxidation sites excluding steroid dienone is 8. The van der Waals surface area contributed by atoms with Gasteiger partial charge in [0.05, 0.1) is 0 Å². The smallest absolute Gasteiger partial charge is 0.0404 e. The van der Waals surface area contributed by atoms with E-state index in [9.17, 15) is 0 Å². The molecule has 0 amide bonds. The summed E-state index contributed by atoms with van der Waals surface area (Å²) in [5, 5.41) is 0. The van der Waals surface area contributed by atoms with E-state index >= 15 is 0 Å². The third-order valence-electron chi connectivity index (χ3n) is 0.844. The van der Waals surface area contributed by atoms with Gasteiger partial charge in [0, 0.05) is 0 Å². The fourth-order valence-corrected chi connectivity index (χ4v) is 0.136. The molecule has 0 saturated carbocycles. The van der Waals surface area contributed by atoms with Gasteiger partial charge in [0.15, 0.2) is 0 Å². The molecule has 0 unspecified atom stereocenters. The fraction of sp³-hybridized carbons (Fsp3) is 0.222. The van der Waals surface area contributed by atoms with E-state index in [-0.39, 0.29) is 0 Å². The number of hydrogen-bond acceptors (Lipinski definition) is 0. The molecule has 0 atom stereocenters. The molecule has 0 N–H and O–H groups in total. The van der Waals surface area contributed by atoms with Crippen LogP contribution in [-0.2, 0) is 0 Å². The van der Waals surface area contributed by atoms with Gasteiger partial charge in [0.2, 0.25) is 0 Å². The Morgan fingerprint density at radius 3 is 1.06 bits per heavy atom. The van der Waals surface area contributed by atoms with Crippen LogP contribution < -0.4 is 0 Å². The molecule has 0 aromatic heterocycles. The van der Waals surface area contributed by atoms with Crippen molar-refractivity contribution in [2.75, 3.05) is 0 Å². The van der Waals surface area contributed by atoms with E-state index in [1.807, 2.05) is 39.8 Å². The minimum Gasteiger partial charge on any atom is -0.100 e. The molecular weight excluding hydrogens is 216 g/mol. The predicted molar refractivity (Wildman–Crippen MR) is 90.9 cm³/mol. The molecular formula is C18H30. The van der Waals surface area contributed by atoms with Crippen molar-refractivity contribution in [2.45, 2.75) is 27.7 Å². The maximum absolute atomic E-state index is 3.56. The molecule has 0 aromatic rings. The van der Waals surface area contributed by atoms with Crippen LogP contribution in [0.2, 0.25) is 0 Å². The number of rotatable bonds is 3. The molecule has 0 rings (SSSR count). The second-order valence-corrected chi connectivity index (χ2v) is 3.49. The van der Waals surface area contributed by atoms with Crippen LogP contribution in [-0.4, -0.2) is 0 Å². The monoisotopic (exact) mass is 246 g/mol. The molecule has 0 aliphatic carbocycles. The standard InChI is InChI=1S/2C5H8.C4H8.C4H6/c1-4-5(2)3;1-3-5-4-2;1-4(2)3;1-3-4-2/h4H,1-2H2,3H3;3-5H,1H2,2H3;1H2,2-3H3;3-4H,1-2H2/b;5-4+;;. The average molecular weight is 246 g/mol. The van der Waals surface area contributed by atoms with Crippen molar-refractivity contribution >= 4 is 0 Å². The highest BCUT2D eigenvalue weighted by Gasteiger charge is 1.59. The van der Waals surface area contributed by atoms with Crippen LogP contribution >= 0.6 is 0 Å². The molecule has 0 saturated heterocycles. The largest absolute Gasteiger partial charge is 0.100 e. The molecule has 0 heterocycles. The summed E-state index contributed by atoms with van der Waals surface area (Å²) >= 11 is 0. The molecule has 0 nitrogen and oxygen atoms in total. The minimum atomic E-state index is 1.02. The zero-order valence-corrected chi connectivity index (χ0v) is 12.7. The summed E-state index contributed by atoms with van der Waals surface area (Å²) in [7, 11) is 0. The molecule has 0 fully saturated rings. The molecule has 0 aliphatic heterocycles. The van der Waals surface area contributed by atoms with Crippen LogP contribution in [0.4, 0.5) is 0 Å². The molecule has 0 bridgehead atoms. The molecule has 0 spiro atoms. The molecule has 0 heteroatoms. The lowest BCUT2D eigenvalue weighted by molar-refractivity contribution is 1.42. The summed E-state index contributed by atoms with van der Waals surface area (Å²) in [4.78, 5) is 0. The van der Waals surface area contributed by atoms with Crippen LogP contribution in [0.1, 0.15) is 27.7 Å². The third kappa shape index (κ3) is 244. The fourth-order valence-electron chi connectivity index (χ4n) is 0.136. The highest BCUT2D eigenvalue weighted by Crippen LogP contribution is 1.81. The Balaban J connectivity index is -0.0000000731. The van der Waals surface area contributed by atoms with Crippen molar-refractivity contribution in [1.82, 2.24) is 0 Å². The molecule has 0 aromatic carbocycles. The van der Waals surface area contributed by atoms with E-state index in [1.54, 1.807) is 24.3 Å². The van der Waals surface area contributed by atoms with Gasteiger partial charge in [0.25, 0.3) is 0 Å². The van der Waals surface area contributed by atoms with Crippen molar-refractivity contribution in [3.63, 3.8) is 0 Å². The maximum atomic E-state index is 3.56. The van der Waals surface area contributed by atoms with Gasteiger partial charge in [-0.3, -0.25) is 0 Å². The second kappa shape index (κ2) is 29.5. The molecule has 0 radical (unpaired) electrons. The Morgan fingerprint density at radius 2 is 1.06 bits per heavy atom. The topological polar surface area (TPSA) is 0 Å². The van der Waals surface area contributed by atoms with Gasteiger partial charge < -0.3 is 0 Å². The van der Waals surface area contributed by atoms with Crippen LogP contribution in [0.5, 0.6) is 0 Å². The van der Waals surface area contributed by atoms with Crippen molar-refractivity contribution < 1.29 is 0 Å². The first-order valence-corrected chi connectivity index (χ1v) is 5.71. The summed E-state index contributed by atoms with van der Waals surface area (Å²) in [6.07, 6.45) is 10.6. The van der Waals surface area contributed by atoms with E-state index in [0.717, 1.165) is 5.57 Å². The van der Waals surface area contributed by atoms with Crippen LogP contribution in [0, 0.1) is 0 Å². The lowest BCUT2D eigenvalue weighted by Gasteiger charge is -1.71. The summed E-state index contributed by atoms with van der Waals surface area (Å²) in [6.45, 7) is 28.6. The van der Waals surface area contributed by atoms with Gasteiger partial charge in [-0.25, -0.2) is 0 Å². The number of hydrogen-bond donors (Lipinski definition) is 0. The lowest BCUT2D eigenvalue weighted by Crippen LogP contribution is -1.50. The molecule has 18 heavy (non-hydrogen) atoms. The quantitative estimate of drug-likeness (QED) is 0.397. The summed E-state index contributed by atoms with van der Waals surface area (Å²) < 4.78 is 0. The van der Waals surface area contributed by atoms with Gasteiger partial charge in [0.1, 0.15) is 0 Å². The van der Waals surface area contributed by atoms with E-state index in [4.69, 9.17) is 0 Å². The Kier molecular flexibility index (Phi) is 41.1. The van der Waals surface area contributed by atoms with E-state index in [1.165, 1.54) is 5.57 Å². The normalized spacial score (nSPS) is 6.89. The van der Waals surface area contributed by atoms with Crippen molar-refractivity contribution in [3.05, 3.63) is 87.1 Å². The Bertz CT molecular complexity index is 252. The minimum absolute atomic E-state index is 1.02. The first kappa shape index (κ1) is 25.1. The maximum Gasteiger partial charge on any atom is -0.0404 e. The van der Waals surface area contributed by atoms with Gasteiger partial charge in [-0.15, -0.1) is 6.58 Å². The lowest BCUT2D eigenvalue weighted by atomic mass is 10.4. The molecule has 0 aliphatic rings. The Hall–Kier alpha value is -1.82. The van der Waals surface area contributed by atoms with Crippen molar-refractivity contribution in [2.24, 2.45) is 0 Å². The highest BCUT2D eigenvalue weighted by molar-refractivity contribution is 5.05. The first-order chi connectivity index (χ1) is 8.33. The zero-order valence-electron chi connectivity index (χ0n) is 12.7. The summed E-state index contributed by atoms with van der Waals surface area (Å²) in [5.41, 5.74) is 2.19. The second-order valence-electron chi connectivity index (χ2n) is 3.49. The van der Waals surface area contributed by atoms with Gasteiger partial charge in [-0.1, -0.05) is 80.5 Å². The van der Waals surface area contributed by atoms with Crippen LogP contribution in [0.25, 0.3) is 0 Å². The van der Waals surface area contributed by atoms with Crippen LogP contribution in [0.3, 0.4) is 0 Å². The van der Waals surface area contributed by atoms with Crippen LogP contribution in [0.15, 0.2) is 87.1 Å². The first-order valence-electron chi connectivity index (χ1n) is 5.71. The molecule has 102 valence electrons. The van der Waals surface area contributed by atoms with E-state index in [0.29, 0.717) is 0 Å². The van der Waals surface area contributed by atoms with Gasteiger partial charge in [-0.05, 0) is 27.7 Å². The van der Waals surface area contributed by atoms with Crippen molar-refractivity contribution in [3.8, 4) is 0 Å². The highest BCUT2D eigenvalue weighted by atomic mass is 13.7. The predicted octanol–water partition coefficient (Wildman–Crippen LogP) is 6.44.